The Balaban J connectivity index is 1.89. The molecule has 0 aliphatic carbocycles. The van der Waals surface area contributed by atoms with Crippen molar-refractivity contribution in [2.24, 2.45) is 0 Å². The van der Waals surface area contributed by atoms with Crippen LogP contribution in [0.1, 0.15) is 17.5 Å². The number of hydrogen-bond donors (Lipinski definition) is 1. The average molecular weight is 408 g/mol. The normalized spacial score (nSPS) is 11.6. The number of amides is 1. The third-order valence-corrected chi connectivity index (χ3v) is 5.91. The van der Waals surface area contributed by atoms with E-state index >= 15 is 0 Å². The second-order valence-electron chi connectivity index (χ2n) is 5.15. The quantitative estimate of drug-likeness (QED) is 0.701. The molecule has 124 valence electrons. The van der Waals surface area contributed by atoms with Crippen molar-refractivity contribution in [3.63, 3.8) is 0 Å². The predicted molar refractivity (Wildman–Crippen MR) is 96.0 cm³/mol. The van der Waals surface area contributed by atoms with Gasteiger partial charge in [-0.25, -0.2) is 8.42 Å². The first-order valence-corrected chi connectivity index (χ1v) is 9.67. The molecular formula is C17H14BrNO4S. The molecule has 3 aromatic rings. The molecule has 1 amide bonds. The van der Waals surface area contributed by atoms with E-state index in [4.69, 9.17) is 4.42 Å². The van der Waals surface area contributed by atoms with Gasteiger partial charge in [-0.05, 0) is 46.3 Å². The number of halogens is 1. The number of fused-ring (bicyclic) bond motifs is 1. The maximum Gasteiger partial charge on any atom is 0.291 e. The summed E-state index contributed by atoms with van der Waals surface area (Å²) < 4.78 is 30.2. The molecule has 0 aliphatic heterocycles. The van der Waals surface area contributed by atoms with E-state index in [9.17, 15) is 13.2 Å². The van der Waals surface area contributed by atoms with Crippen LogP contribution in [0.4, 0.5) is 5.69 Å². The standard InChI is InChI=1S/C17H14BrNO4S/c1-2-24(21,22)13-7-4-6-12(10-13)19-17(20)15-9-11-5-3-8-14(18)16(11)23-15/h3-10H,2H2,1H3,(H,19,20). The molecule has 24 heavy (non-hydrogen) atoms. The lowest BCUT2D eigenvalue weighted by Crippen LogP contribution is -2.11. The Bertz CT molecular complexity index is 1020. The highest BCUT2D eigenvalue weighted by Gasteiger charge is 2.16. The van der Waals surface area contributed by atoms with Crippen LogP contribution in [0.15, 0.2) is 62.3 Å². The van der Waals surface area contributed by atoms with E-state index in [0.29, 0.717) is 11.3 Å². The van der Waals surface area contributed by atoms with Crippen molar-refractivity contribution in [2.75, 3.05) is 11.1 Å². The summed E-state index contributed by atoms with van der Waals surface area (Å²) in [4.78, 5) is 12.5. The minimum Gasteiger partial charge on any atom is -0.450 e. The van der Waals surface area contributed by atoms with Crippen LogP contribution in [0.2, 0.25) is 0 Å². The van der Waals surface area contributed by atoms with E-state index in [2.05, 4.69) is 21.2 Å². The molecule has 0 fully saturated rings. The van der Waals surface area contributed by atoms with Gasteiger partial charge in [0.15, 0.2) is 15.6 Å². The van der Waals surface area contributed by atoms with Crippen molar-refractivity contribution < 1.29 is 17.6 Å². The molecule has 1 N–H and O–H groups in total. The molecule has 5 nitrogen and oxygen atoms in total. The SMILES string of the molecule is CCS(=O)(=O)c1cccc(NC(=O)c2cc3cccc(Br)c3o2)c1. The van der Waals surface area contributed by atoms with Gasteiger partial charge in [-0.2, -0.15) is 0 Å². The zero-order chi connectivity index (χ0) is 17.3. The summed E-state index contributed by atoms with van der Waals surface area (Å²) in [5.74, 6) is -0.285. The molecule has 7 heteroatoms. The molecule has 0 aliphatic rings. The number of para-hydroxylation sites is 1. The fourth-order valence-corrected chi connectivity index (χ4v) is 3.65. The van der Waals surface area contributed by atoms with Gasteiger partial charge in [0.25, 0.3) is 5.91 Å². The van der Waals surface area contributed by atoms with E-state index < -0.39 is 15.7 Å². The van der Waals surface area contributed by atoms with Crippen LogP contribution in [0.25, 0.3) is 11.0 Å². The zero-order valence-corrected chi connectivity index (χ0v) is 15.1. The Kier molecular flexibility index (Phi) is 4.47. The molecule has 0 atom stereocenters. The summed E-state index contributed by atoms with van der Waals surface area (Å²) in [6.45, 7) is 1.58. The van der Waals surface area contributed by atoms with E-state index in [1.165, 1.54) is 12.1 Å². The van der Waals surface area contributed by atoms with Crippen molar-refractivity contribution in [2.45, 2.75) is 11.8 Å². The molecule has 0 saturated heterocycles. The molecule has 1 aromatic heterocycles. The second kappa shape index (κ2) is 6.41. The molecule has 0 bridgehead atoms. The first-order valence-electron chi connectivity index (χ1n) is 7.23. The monoisotopic (exact) mass is 407 g/mol. The number of anilines is 1. The lowest BCUT2D eigenvalue weighted by atomic mass is 10.2. The van der Waals surface area contributed by atoms with Gasteiger partial charge in [0, 0.05) is 11.1 Å². The van der Waals surface area contributed by atoms with Crippen LogP contribution in [-0.4, -0.2) is 20.1 Å². The summed E-state index contributed by atoms with van der Waals surface area (Å²) >= 11 is 3.37. The van der Waals surface area contributed by atoms with E-state index in [0.717, 1.165) is 9.86 Å². The van der Waals surface area contributed by atoms with Gasteiger partial charge in [-0.3, -0.25) is 4.79 Å². The minimum absolute atomic E-state index is 0.00198. The fourth-order valence-electron chi connectivity index (χ4n) is 2.27. The van der Waals surface area contributed by atoms with Crippen LogP contribution in [0.5, 0.6) is 0 Å². The van der Waals surface area contributed by atoms with Gasteiger partial charge in [0.2, 0.25) is 0 Å². The third-order valence-electron chi connectivity index (χ3n) is 3.55. The van der Waals surface area contributed by atoms with Crippen molar-refractivity contribution >= 4 is 48.3 Å². The van der Waals surface area contributed by atoms with Crippen molar-refractivity contribution in [3.05, 3.63) is 58.8 Å². The molecule has 0 spiro atoms. The van der Waals surface area contributed by atoms with Crippen LogP contribution in [-0.2, 0) is 9.84 Å². The number of hydrogen-bond acceptors (Lipinski definition) is 4. The van der Waals surface area contributed by atoms with Crippen molar-refractivity contribution in [1.82, 2.24) is 0 Å². The Labute approximate surface area is 147 Å². The largest absolute Gasteiger partial charge is 0.450 e. The highest BCUT2D eigenvalue weighted by molar-refractivity contribution is 9.10. The first kappa shape index (κ1) is 16.7. The zero-order valence-electron chi connectivity index (χ0n) is 12.7. The Morgan fingerprint density at radius 1 is 1.17 bits per heavy atom. The molecule has 1 heterocycles. The van der Waals surface area contributed by atoms with Gasteiger partial charge in [-0.15, -0.1) is 0 Å². The Morgan fingerprint density at radius 3 is 2.62 bits per heavy atom. The van der Waals surface area contributed by atoms with E-state index in [1.807, 2.05) is 18.2 Å². The lowest BCUT2D eigenvalue weighted by molar-refractivity contribution is 0.0998. The third kappa shape index (κ3) is 3.22. The van der Waals surface area contributed by atoms with Crippen LogP contribution in [0, 0.1) is 0 Å². The molecular weight excluding hydrogens is 394 g/mol. The lowest BCUT2D eigenvalue weighted by Gasteiger charge is -2.06. The minimum atomic E-state index is -3.33. The average Bonchev–Trinajstić information content (AvgIpc) is 3.01. The smallest absolute Gasteiger partial charge is 0.291 e. The maximum atomic E-state index is 12.4. The molecule has 0 saturated carbocycles. The summed E-state index contributed by atoms with van der Waals surface area (Å²) in [5, 5.41) is 3.47. The van der Waals surface area contributed by atoms with Crippen molar-refractivity contribution in [3.8, 4) is 0 Å². The number of benzene rings is 2. The number of carbonyl (C=O) groups excluding carboxylic acids is 1. The number of sulfone groups is 1. The maximum absolute atomic E-state index is 12.4. The van der Waals surface area contributed by atoms with Crippen LogP contribution < -0.4 is 5.32 Å². The topological polar surface area (TPSA) is 76.4 Å². The Morgan fingerprint density at radius 2 is 1.92 bits per heavy atom. The second-order valence-corrected chi connectivity index (χ2v) is 8.29. The van der Waals surface area contributed by atoms with Gasteiger partial charge in [-0.1, -0.05) is 25.1 Å². The molecule has 2 aromatic carbocycles. The highest BCUT2D eigenvalue weighted by atomic mass is 79.9. The van der Waals surface area contributed by atoms with Crippen LogP contribution in [0.3, 0.4) is 0 Å². The summed E-state index contributed by atoms with van der Waals surface area (Å²) in [7, 11) is -3.33. The number of carbonyl (C=O) groups is 1. The fraction of sp³-hybridized carbons (Fsp3) is 0.118. The Hall–Kier alpha value is -2.12. The van der Waals surface area contributed by atoms with E-state index in [1.54, 1.807) is 25.1 Å². The highest BCUT2D eigenvalue weighted by Crippen LogP contribution is 2.27. The van der Waals surface area contributed by atoms with Gasteiger partial charge in [0.1, 0.15) is 5.58 Å². The summed E-state index contributed by atoms with van der Waals surface area (Å²) in [6, 6.07) is 13.3. The van der Waals surface area contributed by atoms with Crippen LogP contribution >= 0.6 is 15.9 Å². The summed E-state index contributed by atoms with van der Waals surface area (Å²) in [6.07, 6.45) is 0. The molecule has 3 rings (SSSR count). The number of rotatable bonds is 4. The van der Waals surface area contributed by atoms with Crippen molar-refractivity contribution in [1.29, 1.82) is 0 Å². The van der Waals surface area contributed by atoms with Gasteiger partial charge in [0.05, 0.1) is 15.1 Å². The predicted octanol–water partition coefficient (Wildman–Crippen LogP) is 4.24. The number of nitrogens with one attached hydrogen (secondary N) is 1. The van der Waals surface area contributed by atoms with Gasteiger partial charge < -0.3 is 9.73 Å². The number of furan rings is 1. The molecule has 0 radical (unpaired) electrons. The van der Waals surface area contributed by atoms with Gasteiger partial charge >= 0.3 is 0 Å². The first-order chi connectivity index (χ1) is 11.4. The van der Waals surface area contributed by atoms with E-state index in [-0.39, 0.29) is 16.4 Å². The summed E-state index contributed by atoms with van der Waals surface area (Å²) in [5.41, 5.74) is 0.985. The molecule has 0 unspecified atom stereocenters.